The molecule has 0 aromatic heterocycles. The summed E-state index contributed by atoms with van der Waals surface area (Å²) in [5, 5.41) is 8.29. The van der Waals surface area contributed by atoms with Gasteiger partial charge in [0, 0.05) is 5.54 Å². The molecule has 5 nitrogen and oxygen atoms in total. The summed E-state index contributed by atoms with van der Waals surface area (Å²) >= 11 is 0. The van der Waals surface area contributed by atoms with Crippen molar-refractivity contribution < 1.29 is 8.42 Å². The van der Waals surface area contributed by atoms with Crippen LogP contribution in [0.3, 0.4) is 0 Å². The van der Waals surface area contributed by atoms with Gasteiger partial charge in [0.05, 0.1) is 16.3 Å². The van der Waals surface area contributed by atoms with Crippen LogP contribution in [0.1, 0.15) is 19.8 Å². The van der Waals surface area contributed by atoms with Gasteiger partial charge in [0.1, 0.15) is 0 Å². The van der Waals surface area contributed by atoms with E-state index < -0.39 is 10.0 Å². The third-order valence-electron chi connectivity index (χ3n) is 2.79. The van der Waals surface area contributed by atoms with Crippen LogP contribution in [0.5, 0.6) is 0 Å². The van der Waals surface area contributed by atoms with Gasteiger partial charge in [-0.1, -0.05) is 0 Å². The van der Waals surface area contributed by atoms with E-state index in [2.05, 4.69) is 12.2 Å². The molecule has 1 aliphatic carbocycles. The molecule has 1 aromatic carbocycles. The third-order valence-corrected chi connectivity index (χ3v) is 3.70. The monoisotopic (exact) mass is 241 g/mol. The van der Waals surface area contributed by atoms with E-state index in [0.717, 1.165) is 18.5 Å². The quantitative estimate of drug-likeness (QED) is 0.684. The first kappa shape index (κ1) is 11.2. The number of anilines is 2. The molecule has 16 heavy (non-hydrogen) atoms. The molecule has 2 rings (SSSR count). The summed E-state index contributed by atoms with van der Waals surface area (Å²) in [5.74, 6) is 0. The summed E-state index contributed by atoms with van der Waals surface area (Å²) in [6.45, 7) is 2.10. The molecule has 0 atom stereocenters. The summed E-state index contributed by atoms with van der Waals surface area (Å²) in [6.07, 6.45) is 2.20. The fraction of sp³-hybridized carbons (Fsp3) is 0.400. The Morgan fingerprint density at radius 3 is 2.44 bits per heavy atom. The van der Waals surface area contributed by atoms with Crippen LogP contribution in [-0.4, -0.2) is 14.0 Å². The second-order valence-corrected chi connectivity index (χ2v) is 6.04. The van der Waals surface area contributed by atoms with Crippen molar-refractivity contribution in [2.45, 2.75) is 30.2 Å². The number of sulfonamides is 1. The summed E-state index contributed by atoms with van der Waals surface area (Å²) in [4.78, 5) is 0.0384. The van der Waals surface area contributed by atoms with E-state index >= 15 is 0 Å². The van der Waals surface area contributed by atoms with Crippen LogP contribution >= 0.6 is 0 Å². The lowest BCUT2D eigenvalue weighted by molar-refractivity contribution is 0.598. The highest BCUT2D eigenvalue weighted by Crippen LogP contribution is 2.39. The average Bonchev–Trinajstić information content (AvgIpc) is 2.86. The van der Waals surface area contributed by atoms with Crippen LogP contribution in [0.15, 0.2) is 23.1 Å². The van der Waals surface area contributed by atoms with Gasteiger partial charge < -0.3 is 11.1 Å². The number of nitrogens with two attached hydrogens (primary N) is 2. The van der Waals surface area contributed by atoms with Crippen molar-refractivity contribution in [1.29, 1.82) is 0 Å². The topological polar surface area (TPSA) is 98.2 Å². The Morgan fingerprint density at radius 2 is 2.00 bits per heavy atom. The number of nitrogens with one attached hydrogen (secondary N) is 1. The van der Waals surface area contributed by atoms with Crippen LogP contribution in [0.4, 0.5) is 11.4 Å². The van der Waals surface area contributed by atoms with Gasteiger partial charge in [-0.25, -0.2) is 13.6 Å². The zero-order chi connectivity index (χ0) is 12.0. The molecule has 0 radical (unpaired) electrons. The predicted octanol–water partition coefficient (Wildman–Crippen LogP) is 0.881. The Balaban J connectivity index is 2.30. The highest BCUT2D eigenvalue weighted by atomic mass is 32.2. The molecule has 1 aromatic rings. The number of benzene rings is 1. The second-order valence-electron chi connectivity index (χ2n) is 4.48. The maximum absolute atomic E-state index is 11.1. The minimum atomic E-state index is -3.68. The second kappa shape index (κ2) is 3.36. The molecule has 6 heteroatoms. The van der Waals surface area contributed by atoms with E-state index in [4.69, 9.17) is 10.9 Å². The number of rotatable bonds is 3. The summed E-state index contributed by atoms with van der Waals surface area (Å²) < 4.78 is 22.2. The smallest absolute Gasteiger partial charge is 0.238 e. The minimum absolute atomic E-state index is 0.0384. The maximum Gasteiger partial charge on any atom is 0.238 e. The third kappa shape index (κ3) is 2.28. The van der Waals surface area contributed by atoms with E-state index in [-0.39, 0.29) is 10.4 Å². The number of primary sulfonamides is 1. The van der Waals surface area contributed by atoms with Gasteiger partial charge >= 0.3 is 0 Å². The van der Waals surface area contributed by atoms with Gasteiger partial charge in [-0.05, 0) is 38.0 Å². The number of hydrogen-bond donors (Lipinski definition) is 3. The Morgan fingerprint density at radius 1 is 1.38 bits per heavy atom. The lowest BCUT2D eigenvalue weighted by atomic mass is 10.2. The summed E-state index contributed by atoms with van der Waals surface area (Å²) in [5.41, 5.74) is 7.04. The van der Waals surface area contributed by atoms with E-state index in [1.54, 1.807) is 6.07 Å². The van der Waals surface area contributed by atoms with Crippen LogP contribution in [0.2, 0.25) is 0 Å². The Hall–Kier alpha value is -1.27. The summed E-state index contributed by atoms with van der Waals surface area (Å²) in [6, 6.07) is 4.49. The molecule has 0 spiro atoms. The van der Waals surface area contributed by atoms with Crippen molar-refractivity contribution >= 4 is 21.4 Å². The molecular formula is C10H15N3O2S. The molecule has 0 amide bonds. The molecule has 0 aliphatic heterocycles. The van der Waals surface area contributed by atoms with Crippen molar-refractivity contribution in [2.75, 3.05) is 11.1 Å². The van der Waals surface area contributed by atoms with Crippen LogP contribution in [0, 0.1) is 0 Å². The van der Waals surface area contributed by atoms with Gasteiger partial charge in [0.25, 0.3) is 0 Å². The highest BCUT2D eigenvalue weighted by Gasteiger charge is 2.37. The number of hydrogen-bond acceptors (Lipinski definition) is 4. The molecule has 5 N–H and O–H groups in total. The van der Waals surface area contributed by atoms with Gasteiger partial charge in [-0.3, -0.25) is 0 Å². The maximum atomic E-state index is 11.1. The van der Waals surface area contributed by atoms with Crippen molar-refractivity contribution in [3.8, 4) is 0 Å². The van der Waals surface area contributed by atoms with Crippen molar-refractivity contribution in [3.63, 3.8) is 0 Å². The SMILES string of the molecule is CC1(Nc2ccc(S(N)(=O)=O)cc2N)CC1. The zero-order valence-electron chi connectivity index (χ0n) is 9.03. The van der Waals surface area contributed by atoms with E-state index in [1.807, 2.05) is 0 Å². The average molecular weight is 241 g/mol. The molecule has 88 valence electrons. The van der Waals surface area contributed by atoms with Crippen molar-refractivity contribution in [1.82, 2.24) is 0 Å². The molecule has 0 unspecified atom stereocenters. The van der Waals surface area contributed by atoms with E-state index in [1.165, 1.54) is 12.1 Å². The number of nitrogen functional groups attached to an aromatic ring is 1. The molecule has 0 saturated heterocycles. The van der Waals surface area contributed by atoms with Crippen molar-refractivity contribution in [3.05, 3.63) is 18.2 Å². The molecule has 1 aliphatic rings. The molecule has 1 saturated carbocycles. The summed E-state index contributed by atoms with van der Waals surface area (Å²) in [7, 11) is -3.68. The van der Waals surface area contributed by atoms with E-state index in [9.17, 15) is 8.42 Å². The Bertz CT molecular complexity index is 521. The van der Waals surface area contributed by atoms with Crippen molar-refractivity contribution in [2.24, 2.45) is 5.14 Å². The Kier molecular flexibility index (Phi) is 2.36. The zero-order valence-corrected chi connectivity index (χ0v) is 9.84. The minimum Gasteiger partial charge on any atom is -0.397 e. The van der Waals surface area contributed by atoms with Crippen LogP contribution < -0.4 is 16.2 Å². The first-order chi connectivity index (χ1) is 7.30. The van der Waals surface area contributed by atoms with Gasteiger partial charge in [-0.2, -0.15) is 0 Å². The van der Waals surface area contributed by atoms with Gasteiger partial charge in [-0.15, -0.1) is 0 Å². The van der Waals surface area contributed by atoms with Gasteiger partial charge in [0.15, 0.2) is 0 Å². The molecule has 0 heterocycles. The fourth-order valence-corrected chi connectivity index (χ4v) is 2.02. The standard InChI is InChI=1S/C10H15N3O2S/c1-10(4-5-10)13-9-3-2-7(6-8(9)11)16(12,14)15/h2-3,6,13H,4-5,11H2,1H3,(H2,12,14,15). The first-order valence-electron chi connectivity index (χ1n) is 5.01. The largest absolute Gasteiger partial charge is 0.397 e. The lowest BCUT2D eigenvalue weighted by Crippen LogP contribution is -2.18. The molecular weight excluding hydrogens is 226 g/mol. The highest BCUT2D eigenvalue weighted by molar-refractivity contribution is 7.89. The first-order valence-corrected chi connectivity index (χ1v) is 6.55. The lowest BCUT2D eigenvalue weighted by Gasteiger charge is -2.15. The Labute approximate surface area is 94.9 Å². The van der Waals surface area contributed by atoms with E-state index in [0.29, 0.717) is 5.69 Å². The van der Waals surface area contributed by atoms with Gasteiger partial charge in [0.2, 0.25) is 10.0 Å². The predicted molar refractivity (Wildman–Crippen MR) is 63.5 cm³/mol. The molecule has 1 fully saturated rings. The fourth-order valence-electron chi connectivity index (χ4n) is 1.47. The van der Waals surface area contributed by atoms with Crippen LogP contribution in [-0.2, 0) is 10.0 Å². The normalized spacial score (nSPS) is 18.1. The van der Waals surface area contributed by atoms with Crippen LogP contribution in [0.25, 0.3) is 0 Å². The molecule has 0 bridgehead atoms.